The van der Waals surface area contributed by atoms with Crippen LogP contribution in [0.4, 0.5) is 0 Å². The van der Waals surface area contributed by atoms with Crippen LogP contribution in [0.2, 0.25) is 0 Å². The van der Waals surface area contributed by atoms with Crippen LogP contribution in [0.3, 0.4) is 0 Å². The lowest BCUT2D eigenvalue weighted by Gasteiger charge is -2.23. The zero-order valence-electron chi connectivity index (χ0n) is 12.7. The third-order valence-corrected chi connectivity index (χ3v) is 3.71. The highest BCUT2D eigenvalue weighted by Gasteiger charge is 2.31. The summed E-state index contributed by atoms with van der Waals surface area (Å²) in [4.78, 5) is 4.69. The minimum Gasteiger partial charge on any atom is -0.390 e. The minimum atomic E-state index is -0.253. The van der Waals surface area contributed by atoms with Crippen molar-refractivity contribution in [2.75, 3.05) is 46.8 Å². The highest BCUT2D eigenvalue weighted by Crippen LogP contribution is 2.19. The first-order valence-electron chi connectivity index (χ1n) is 7.17. The second kappa shape index (κ2) is 7.43. The Hall–Kier alpha value is -0.160. The predicted molar refractivity (Wildman–Crippen MR) is 76.8 cm³/mol. The van der Waals surface area contributed by atoms with Gasteiger partial charge in [-0.15, -0.1) is 0 Å². The van der Waals surface area contributed by atoms with Gasteiger partial charge in [-0.2, -0.15) is 0 Å². The van der Waals surface area contributed by atoms with E-state index >= 15 is 0 Å². The molecule has 0 aromatic heterocycles. The van der Waals surface area contributed by atoms with Crippen LogP contribution in [0.15, 0.2) is 0 Å². The molecule has 0 aromatic rings. The Labute approximate surface area is 112 Å². The van der Waals surface area contributed by atoms with Crippen molar-refractivity contribution in [1.82, 2.24) is 15.1 Å². The first kappa shape index (κ1) is 15.9. The van der Waals surface area contributed by atoms with Crippen molar-refractivity contribution in [3.05, 3.63) is 0 Å². The number of hydrogen-bond donors (Lipinski definition) is 2. The van der Waals surface area contributed by atoms with Crippen molar-refractivity contribution in [3.8, 4) is 0 Å². The first-order valence-corrected chi connectivity index (χ1v) is 7.17. The van der Waals surface area contributed by atoms with Gasteiger partial charge in [0.1, 0.15) is 0 Å². The van der Waals surface area contributed by atoms with Crippen molar-refractivity contribution >= 4 is 0 Å². The van der Waals surface area contributed by atoms with Gasteiger partial charge in [-0.25, -0.2) is 0 Å². The maximum absolute atomic E-state index is 10.0. The summed E-state index contributed by atoms with van der Waals surface area (Å²) in [7, 11) is 4.29. The molecule has 0 bridgehead atoms. The van der Waals surface area contributed by atoms with Crippen LogP contribution in [0.25, 0.3) is 0 Å². The lowest BCUT2D eigenvalue weighted by molar-refractivity contribution is 0.119. The van der Waals surface area contributed by atoms with Gasteiger partial charge in [0.15, 0.2) is 0 Å². The predicted octanol–water partition coefficient (Wildman–Crippen LogP) is 0.475. The SMILES string of the molecule is CC(C)CNCC(O)CN1CC(C)C(N(C)C)C1. The van der Waals surface area contributed by atoms with Crippen molar-refractivity contribution in [2.45, 2.75) is 32.9 Å². The molecule has 3 atom stereocenters. The average Bonchev–Trinajstić information content (AvgIpc) is 2.58. The van der Waals surface area contributed by atoms with Gasteiger partial charge in [-0.3, -0.25) is 4.90 Å². The molecule has 1 aliphatic heterocycles. The van der Waals surface area contributed by atoms with Crippen molar-refractivity contribution < 1.29 is 5.11 Å². The van der Waals surface area contributed by atoms with Crippen molar-refractivity contribution in [1.29, 1.82) is 0 Å². The molecular formula is C14H31N3O. The van der Waals surface area contributed by atoms with E-state index in [0.717, 1.165) is 26.2 Å². The van der Waals surface area contributed by atoms with Crippen LogP contribution in [0, 0.1) is 11.8 Å². The molecule has 0 saturated carbocycles. The third-order valence-electron chi connectivity index (χ3n) is 3.71. The van der Waals surface area contributed by atoms with Crippen LogP contribution in [0.5, 0.6) is 0 Å². The van der Waals surface area contributed by atoms with Gasteiger partial charge in [0, 0.05) is 32.2 Å². The minimum absolute atomic E-state index is 0.253. The molecule has 1 rings (SSSR count). The highest BCUT2D eigenvalue weighted by molar-refractivity contribution is 4.87. The van der Waals surface area contributed by atoms with E-state index in [1.807, 2.05) is 0 Å². The zero-order chi connectivity index (χ0) is 13.7. The maximum atomic E-state index is 10.0. The normalized spacial score (nSPS) is 27.3. The van der Waals surface area contributed by atoms with E-state index in [1.165, 1.54) is 0 Å². The van der Waals surface area contributed by atoms with E-state index in [2.05, 4.69) is 50.0 Å². The lowest BCUT2D eigenvalue weighted by Crippen LogP contribution is -2.39. The molecule has 18 heavy (non-hydrogen) atoms. The summed E-state index contributed by atoms with van der Waals surface area (Å²) >= 11 is 0. The summed E-state index contributed by atoms with van der Waals surface area (Å²) in [6.07, 6.45) is -0.253. The number of aliphatic hydroxyl groups is 1. The molecule has 0 aliphatic carbocycles. The smallest absolute Gasteiger partial charge is 0.0791 e. The number of hydrogen-bond acceptors (Lipinski definition) is 4. The van der Waals surface area contributed by atoms with Gasteiger partial charge >= 0.3 is 0 Å². The number of likely N-dealkylation sites (N-methyl/N-ethyl adjacent to an activating group) is 1. The van der Waals surface area contributed by atoms with E-state index in [0.29, 0.717) is 24.4 Å². The number of nitrogens with one attached hydrogen (secondary N) is 1. The summed E-state index contributed by atoms with van der Waals surface area (Å²) in [5.74, 6) is 1.33. The van der Waals surface area contributed by atoms with Gasteiger partial charge in [-0.1, -0.05) is 20.8 Å². The second-order valence-electron chi connectivity index (χ2n) is 6.43. The number of aliphatic hydroxyl groups excluding tert-OH is 1. The molecule has 1 saturated heterocycles. The van der Waals surface area contributed by atoms with E-state index in [1.54, 1.807) is 0 Å². The molecule has 0 radical (unpaired) electrons. The third kappa shape index (κ3) is 5.22. The summed E-state index contributed by atoms with van der Waals surface area (Å²) in [5.41, 5.74) is 0. The van der Waals surface area contributed by atoms with Crippen LogP contribution in [-0.4, -0.2) is 73.9 Å². The van der Waals surface area contributed by atoms with Crippen LogP contribution in [-0.2, 0) is 0 Å². The first-order chi connectivity index (χ1) is 8.40. The van der Waals surface area contributed by atoms with E-state index in [4.69, 9.17) is 0 Å². The Morgan fingerprint density at radius 3 is 2.44 bits per heavy atom. The van der Waals surface area contributed by atoms with E-state index < -0.39 is 0 Å². The number of nitrogens with zero attached hydrogens (tertiary/aromatic N) is 2. The molecule has 4 nitrogen and oxygen atoms in total. The molecule has 1 heterocycles. The Morgan fingerprint density at radius 1 is 1.28 bits per heavy atom. The lowest BCUT2D eigenvalue weighted by atomic mass is 10.1. The second-order valence-corrected chi connectivity index (χ2v) is 6.43. The Balaban J connectivity index is 2.23. The van der Waals surface area contributed by atoms with Crippen LogP contribution in [0.1, 0.15) is 20.8 Å². The quantitative estimate of drug-likeness (QED) is 0.696. The summed E-state index contributed by atoms with van der Waals surface area (Å²) in [6.45, 7) is 11.3. The fraction of sp³-hybridized carbons (Fsp3) is 1.00. The highest BCUT2D eigenvalue weighted by atomic mass is 16.3. The largest absolute Gasteiger partial charge is 0.390 e. The molecule has 108 valence electrons. The fourth-order valence-electron chi connectivity index (χ4n) is 2.77. The van der Waals surface area contributed by atoms with Gasteiger partial charge in [0.25, 0.3) is 0 Å². The van der Waals surface area contributed by atoms with Gasteiger partial charge in [0.2, 0.25) is 0 Å². The number of β-amino-alcohol motifs (C(OH)–C–C–N with tert-alkyl or cyclic N) is 1. The molecule has 0 amide bonds. The monoisotopic (exact) mass is 257 g/mol. The molecule has 2 N–H and O–H groups in total. The summed E-state index contributed by atoms with van der Waals surface area (Å²) in [5, 5.41) is 13.3. The molecule has 0 spiro atoms. The van der Waals surface area contributed by atoms with Gasteiger partial charge in [-0.05, 0) is 32.5 Å². The molecule has 1 fully saturated rings. The fourth-order valence-corrected chi connectivity index (χ4v) is 2.77. The topological polar surface area (TPSA) is 38.7 Å². The van der Waals surface area contributed by atoms with Gasteiger partial charge in [0.05, 0.1) is 6.10 Å². The Kier molecular flexibility index (Phi) is 6.57. The molecule has 0 aromatic carbocycles. The number of likely N-dealkylation sites (tertiary alicyclic amines) is 1. The van der Waals surface area contributed by atoms with Crippen molar-refractivity contribution in [3.63, 3.8) is 0 Å². The summed E-state index contributed by atoms with van der Waals surface area (Å²) in [6, 6.07) is 0.626. The molecule has 4 heteroatoms. The zero-order valence-corrected chi connectivity index (χ0v) is 12.7. The number of rotatable bonds is 7. The van der Waals surface area contributed by atoms with E-state index in [-0.39, 0.29) is 6.10 Å². The molecular weight excluding hydrogens is 226 g/mol. The molecule has 3 unspecified atom stereocenters. The van der Waals surface area contributed by atoms with Crippen molar-refractivity contribution in [2.24, 2.45) is 11.8 Å². The Bertz CT molecular complexity index is 233. The van der Waals surface area contributed by atoms with Crippen LogP contribution >= 0.6 is 0 Å². The summed E-state index contributed by atoms with van der Waals surface area (Å²) < 4.78 is 0. The average molecular weight is 257 g/mol. The Morgan fingerprint density at radius 2 is 1.94 bits per heavy atom. The van der Waals surface area contributed by atoms with E-state index in [9.17, 15) is 5.11 Å². The van der Waals surface area contributed by atoms with Crippen LogP contribution < -0.4 is 5.32 Å². The molecule has 1 aliphatic rings. The standard InChI is InChI=1S/C14H31N3O/c1-11(2)6-15-7-13(18)9-17-8-12(3)14(10-17)16(4)5/h11-15,18H,6-10H2,1-5H3. The maximum Gasteiger partial charge on any atom is 0.0791 e. The van der Waals surface area contributed by atoms with Gasteiger partial charge < -0.3 is 15.3 Å².